The summed E-state index contributed by atoms with van der Waals surface area (Å²) in [5, 5.41) is 0. The van der Waals surface area contributed by atoms with Gasteiger partial charge < -0.3 is 15.5 Å². The van der Waals surface area contributed by atoms with E-state index in [1.165, 1.54) is 24.5 Å². The third-order valence-corrected chi connectivity index (χ3v) is 4.89. The molecule has 0 saturated carbocycles. The molecule has 0 aliphatic carbocycles. The van der Waals surface area contributed by atoms with Gasteiger partial charge in [-0.2, -0.15) is 0 Å². The third-order valence-electron chi connectivity index (χ3n) is 3.07. The summed E-state index contributed by atoms with van der Waals surface area (Å²) in [5.74, 6) is 0. The van der Waals surface area contributed by atoms with Crippen LogP contribution >= 0.6 is 0 Å². The van der Waals surface area contributed by atoms with Crippen molar-refractivity contribution in [1.29, 1.82) is 0 Å². The van der Waals surface area contributed by atoms with E-state index in [4.69, 9.17) is 5.73 Å². The van der Waals surface area contributed by atoms with Crippen molar-refractivity contribution in [2.24, 2.45) is 0 Å². The first-order chi connectivity index (χ1) is 9.16. The van der Waals surface area contributed by atoms with Gasteiger partial charge in [0.05, 0.1) is 16.3 Å². The molecule has 0 fully saturated rings. The molecule has 7 heteroatoms. The van der Waals surface area contributed by atoms with Gasteiger partial charge in [0.25, 0.3) is 0 Å². The van der Waals surface area contributed by atoms with E-state index in [1.54, 1.807) is 12.1 Å². The number of hydrogen-bond donors (Lipinski definition) is 1. The topological polar surface area (TPSA) is 69.9 Å². The molecule has 114 valence electrons. The quantitative estimate of drug-likeness (QED) is 0.776. The summed E-state index contributed by atoms with van der Waals surface area (Å²) in [6, 6.07) is 4.80. The number of nitrogen functional groups attached to an aromatic ring is 1. The van der Waals surface area contributed by atoms with Gasteiger partial charge in [-0.1, -0.05) is 0 Å². The number of benzene rings is 1. The van der Waals surface area contributed by atoms with Crippen LogP contribution in [0.5, 0.6) is 0 Å². The Morgan fingerprint density at radius 3 is 2.15 bits per heavy atom. The van der Waals surface area contributed by atoms with Crippen molar-refractivity contribution in [3.63, 3.8) is 0 Å². The van der Waals surface area contributed by atoms with Gasteiger partial charge in [0.2, 0.25) is 10.0 Å². The van der Waals surface area contributed by atoms with E-state index in [1.807, 2.05) is 26.0 Å². The van der Waals surface area contributed by atoms with Crippen LogP contribution in [0.3, 0.4) is 0 Å². The zero-order chi connectivity index (χ0) is 15.5. The first kappa shape index (κ1) is 16.7. The number of nitrogens with two attached hydrogens (primary N) is 1. The Labute approximate surface area is 121 Å². The Kier molecular flexibility index (Phi) is 5.38. The summed E-state index contributed by atoms with van der Waals surface area (Å²) in [6.45, 7) is 1.63. The van der Waals surface area contributed by atoms with Crippen molar-refractivity contribution in [3.05, 3.63) is 18.2 Å². The van der Waals surface area contributed by atoms with Crippen LogP contribution < -0.4 is 10.6 Å². The van der Waals surface area contributed by atoms with Gasteiger partial charge in [-0.15, -0.1) is 0 Å². The molecule has 0 spiro atoms. The molecule has 0 atom stereocenters. The minimum Gasteiger partial charge on any atom is -0.397 e. The van der Waals surface area contributed by atoms with Gasteiger partial charge in [-0.25, -0.2) is 12.7 Å². The van der Waals surface area contributed by atoms with Crippen molar-refractivity contribution < 1.29 is 8.42 Å². The Hall–Kier alpha value is -1.31. The maximum absolute atomic E-state index is 12.1. The molecule has 1 aromatic rings. The predicted molar refractivity (Wildman–Crippen MR) is 83.6 cm³/mol. The zero-order valence-electron chi connectivity index (χ0n) is 12.8. The molecule has 0 radical (unpaired) electrons. The molecule has 0 aliphatic heterocycles. The first-order valence-electron chi connectivity index (χ1n) is 6.34. The van der Waals surface area contributed by atoms with Crippen molar-refractivity contribution in [1.82, 2.24) is 9.21 Å². The Morgan fingerprint density at radius 2 is 1.65 bits per heavy atom. The highest BCUT2D eigenvalue weighted by atomic mass is 32.2. The van der Waals surface area contributed by atoms with Crippen LogP contribution in [0.4, 0.5) is 11.4 Å². The van der Waals surface area contributed by atoms with E-state index in [9.17, 15) is 8.42 Å². The summed E-state index contributed by atoms with van der Waals surface area (Å²) in [7, 11) is 5.47. The highest BCUT2D eigenvalue weighted by molar-refractivity contribution is 7.89. The second kappa shape index (κ2) is 6.43. The molecule has 2 N–H and O–H groups in total. The summed E-state index contributed by atoms with van der Waals surface area (Å²) in [4.78, 5) is 4.28. The van der Waals surface area contributed by atoms with Crippen LogP contribution in [0.1, 0.15) is 0 Å². The maximum atomic E-state index is 12.1. The molecule has 0 unspecified atom stereocenters. The van der Waals surface area contributed by atoms with Crippen LogP contribution in [0, 0.1) is 0 Å². The van der Waals surface area contributed by atoms with E-state index >= 15 is 0 Å². The van der Waals surface area contributed by atoms with E-state index in [2.05, 4.69) is 4.90 Å². The molecule has 0 aliphatic rings. The minimum absolute atomic E-state index is 0.253. The molecule has 0 amide bonds. The lowest BCUT2D eigenvalue weighted by Crippen LogP contribution is -2.29. The van der Waals surface area contributed by atoms with Gasteiger partial charge in [-0.3, -0.25) is 0 Å². The third kappa shape index (κ3) is 3.84. The molecular formula is C13H24N4O2S. The molecule has 0 heterocycles. The van der Waals surface area contributed by atoms with Crippen LogP contribution in [0.2, 0.25) is 0 Å². The first-order valence-corrected chi connectivity index (χ1v) is 7.78. The van der Waals surface area contributed by atoms with Crippen molar-refractivity contribution in [3.8, 4) is 0 Å². The van der Waals surface area contributed by atoms with Crippen LogP contribution in [-0.2, 0) is 10.0 Å². The molecule has 1 rings (SSSR count). The molecule has 6 nitrogen and oxygen atoms in total. The van der Waals surface area contributed by atoms with E-state index < -0.39 is 10.0 Å². The van der Waals surface area contributed by atoms with Crippen molar-refractivity contribution in [2.75, 3.05) is 59.0 Å². The van der Waals surface area contributed by atoms with E-state index in [-0.39, 0.29) is 4.90 Å². The zero-order valence-corrected chi connectivity index (χ0v) is 13.6. The Morgan fingerprint density at radius 1 is 1.05 bits per heavy atom. The maximum Gasteiger partial charge on any atom is 0.242 e. The number of nitrogens with zero attached hydrogens (tertiary/aromatic N) is 3. The lowest BCUT2D eigenvalue weighted by Gasteiger charge is -2.24. The summed E-state index contributed by atoms with van der Waals surface area (Å²) < 4.78 is 25.5. The smallest absolute Gasteiger partial charge is 0.242 e. The molecular weight excluding hydrogens is 276 g/mol. The highest BCUT2D eigenvalue weighted by Gasteiger charge is 2.19. The molecule has 0 bridgehead atoms. The average molecular weight is 300 g/mol. The van der Waals surface area contributed by atoms with Crippen molar-refractivity contribution in [2.45, 2.75) is 4.90 Å². The Bertz CT molecular complexity index is 555. The monoisotopic (exact) mass is 300 g/mol. The second-order valence-electron chi connectivity index (χ2n) is 5.23. The number of hydrogen-bond acceptors (Lipinski definition) is 5. The predicted octanol–water partition coefficient (Wildman–Crippen LogP) is 0.517. The largest absolute Gasteiger partial charge is 0.397 e. The summed E-state index contributed by atoms with van der Waals surface area (Å²) >= 11 is 0. The number of rotatable bonds is 6. The van der Waals surface area contributed by atoms with Gasteiger partial charge in [0.15, 0.2) is 0 Å². The summed E-state index contributed by atoms with van der Waals surface area (Å²) in [5.41, 5.74) is 7.26. The fraction of sp³-hybridized carbons (Fsp3) is 0.538. The molecule has 0 saturated heterocycles. The second-order valence-corrected chi connectivity index (χ2v) is 7.38. The number of sulfonamides is 1. The fourth-order valence-electron chi connectivity index (χ4n) is 1.70. The standard InChI is InChI=1S/C13H24N4O2S/c1-15(2)8-9-17(5)13-10-11(6-7-12(13)14)20(18,19)16(3)4/h6-7,10H,8-9,14H2,1-5H3. The molecule has 0 aromatic heterocycles. The number of anilines is 2. The van der Waals surface area contributed by atoms with Gasteiger partial charge >= 0.3 is 0 Å². The van der Waals surface area contributed by atoms with Crippen molar-refractivity contribution >= 4 is 21.4 Å². The van der Waals surface area contributed by atoms with Crippen LogP contribution in [0.15, 0.2) is 23.1 Å². The number of likely N-dealkylation sites (N-methyl/N-ethyl adjacent to an activating group) is 2. The summed E-state index contributed by atoms with van der Waals surface area (Å²) in [6.07, 6.45) is 0. The average Bonchev–Trinajstić information content (AvgIpc) is 2.35. The highest BCUT2D eigenvalue weighted by Crippen LogP contribution is 2.26. The Balaban J connectivity index is 3.10. The fourth-order valence-corrected chi connectivity index (χ4v) is 2.62. The lowest BCUT2D eigenvalue weighted by molar-refractivity contribution is 0.416. The van der Waals surface area contributed by atoms with E-state index in [0.717, 1.165) is 18.8 Å². The molecule has 1 aromatic carbocycles. The van der Waals surface area contributed by atoms with Gasteiger partial charge in [0.1, 0.15) is 0 Å². The SMILES string of the molecule is CN(C)CCN(C)c1cc(S(=O)(=O)N(C)C)ccc1N. The van der Waals surface area contributed by atoms with Gasteiger partial charge in [-0.05, 0) is 32.3 Å². The lowest BCUT2D eigenvalue weighted by atomic mass is 10.2. The minimum atomic E-state index is -3.44. The van der Waals surface area contributed by atoms with E-state index in [0.29, 0.717) is 5.69 Å². The normalized spacial score (nSPS) is 12.2. The van der Waals surface area contributed by atoms with Crippen LogP contribution in [-0.4, -0.2) is 66.0 Å². The molecule has 20 heavy (non-hydrogen) atoms. The van der Waals surface area contributed by atoms with Crippen LogP contribution in [0.25, 0.3) is 0 Å². The van der Waals surface area contributed by atoms with Gasteiger partial charge in [0, 0.05) is 34.2 Å².